The van der Waals surface area contributed by atoms with E-state index < -0.39 is 0 Å². The number of nitrogens with zero attached hydrogens (tertiary/aromatic N) is 1. The number of para-hydroxylation sites is 1. The Morgan fingerprint density at radius 1 is 0.408 bits per heavy atom. The van der Waals surface area contributed by atoms with Crippen molar-refractivity contribution < 1.29 is 0 Å². The van der Waals surface area contributed by atoms with Crippen LogP contribution >= 0.6 is 11.3 Å². The van der Waals surface area contributed by atoms with E-state index in [1.54, 1.807) is 0 Å². The minimum Gasteiger partial charge on any atom is -0.354 e. The maximum Gasteiger partial charge on any atom is 0.0544 e. The van der Waals surface area contributed by atoms with Gasteiger partial charge in [-0.1, -0.05) is 121 Å². The molecule has 230 valence electrons. The summed E-state index contributed by atoms with van der Waals surface area (Å²) in [4.78, 5) is 6.21. The normalized spacial score (nSPS) is 11.7. The Morgan fingerprint density at radius 2 is 1.06 bits per heavy atom. The van der Waals surface area contributed by atoms with Crippen LogP contribution in [0.5, 0.6) is 0 Å². The predicted molar refractivity (Wildman–Crippen MR) is 212 cm³/mol. The monoisotopic (exact) mass is 642 g/mol. The highest BCUT2D eigenvalue weighted by Gasteiger charge is 2.18. The highest BCUT2D eigenvalue weighted by Crippen LogP contribution is 2.44. The fourth-order valence-electron chi connectivity index (χ4n) is 7.47. The smallest absolute Gasteiger partial charge is 0.0544 e. The molecule has 2 nitrogen and oxygen atoms in total. The third kappa shape index (κ3) is 4.62. The van der Waals surface area contributed by atoms with Crippen LogP contribution in [-0.2, 0) is 0 Å². The second-order valence-electron chi connectivity index (χ2n) is 12.6. The first-order chi connectivity index (χ1) is 24.3. The molecule has 0 unspecified atom stereocenters. The molecule has 10 aromatic rings. The Kier molecular flexibility index (Phi) is 6.39. The van der Waals surface area contributed by atoms with Crippen LogP contribution in [0, 0.1) is 0 Å². The molecule has 49 heavy (non-hydrogen) atoms. The summed E-state index contributed by atoms with van der Waals surface area (Å²) in [6, 6.07) is 63.8. The van der Waals surface area contributed by atoms with Crippen LogP contribution in [0.4, 0.5) is 17.1 Å². The number of nitrogens with one attached hydrogen (secondary N) is 1. The third-order valence-corrected chi connectivity index (χ3v) is 10.9. The minimum atomic E-state index is 1.12. The second kappa shape index (κ2) is 11.2. The maximum atomic E-state index is 3.83. The van der Waals surface area contributed by atoms with Crippen molar-refractivity contribution in [3.63, 3.8) is 0 Å². The number of anilines is 3. The zero-order chi connectivity index (χ0) is 32.3. The topological polar surface area (TPSA) is 19.0 Å². The highest BCUT2D eigenvalue weighted by molar-refractivity contribution is 7.25. The molecule has 0 aliphatic heterocycles. The molecule has 2 aromatic heterocycles. The molecule has 0 aliphatic rings. The number of hydrogen-bond acceptors (Lipinski definition) is 2. The zero-order valence-electron chi connectivity index (χ0n) is 26.6. The van der Waals surface area contributed by atoms with Crippen molar-refractivity contribution in [2.45, 2.75) is 0 Å². The van der Waals surface area contributed by atoms with Crippen molar-refractivity contribution >= 4 is 81.1 Å². The summed E-state index contributed by atoms with van der Waals surface area (Å²) < 4.78 is 2.64. The average Bonchev–Trinajstić information content (AvgIpc) is 3.74. The summed E-state index contributed by atoms with van der Waals surface area (Å²) in [7, 11) is 0. The molecular weight excluding hydrogens is 613 g/mol. The molecule has 0 saturated heterocycles. The van der Waals surface area contributed by atoms with Crippen LogP contribution < -0.4 is 4.90 Å². The number of hydrogen-bond donors (Lipinski definition) is 1. The van der Waals surface area contributed by atoms with Gasteiger partial charge >= 0.3 is 0 Å². The Bertz CT molecular complexity index is 2830. The van der Waals surface area contributed by atoms with Gasteiger partial charge in [0.15, 0.2) is 0 Å². The first-order valence-corrected chi connectivity index (χ1v) is 17.5. The van der Waals surface area contributed by atoms with E-state index in [1.807, 2.05) is 11.3 Å². The van der Waals surface area contributed by atoms with E-state index in [2.05, 4.69) is 186 Å². The van der Waals surface area contributed by atoms with Crippen molar-refractivity contribution in [2.24, 2.45) is 0 Å². The second-order valence-corrected chi connectivity index (χ2v) is 13.7. The van der Waals surface area contributed by atoms with E-state index in [-0.39, 0.29) is 0 Å². The average molecular weight is 643 g/mol. The molecule has 3 heteroatoms. The Hall–Kier alpha value is -6.16. The summed E-state index contributed by atoms with van der Waals surface area (Å²) >= 11 is 1.87. The largest absolute Gasteiger partial charge is 0.354 e. The Morgan fingerprint density at radius 3 is 1.96 bits per heavy atom. The fourth-order valence-corrected chi connectivity index (χ4v) is 8.60. The van der Waals surface area contributed by atoms with Gasteiger partial charge in [0.05, 0.1) is 5.52 Å². The number of aromatic amines is 1. The van der Waals surface area contributed by atoms with Crippen LogP contribution in [0.15, 0.2) is 176 Å². The summed E-state index contributed by atoms with van der Waals surface area (Å²) in [5.74, 6) is 0. The molecule has 10 rings (SSSR count). The summed E-state index contributed by atoms with van der Waals surface area (Å²) in [5, 5.41) is 7.54. The lowest BCUT2D eigenvalue weighted by Crippen LogP contribution is -2.09. The van der Waals surface area contributed by atoms with Crippen LogP contribution in [0.2, 0.25) is 0 Å². The Balaban J connectivity index is 1.15. The van der Waals surface area contributed by atoms with E-state index in [0.717, 1.165) is 22.6 Å². The lowest BCUT2D eigenvalue weighted by molar-refractivity contribution is 1.29. The fraction of sp³-hybridized carbons (Fsp3) is 0. The van der Waals surface area contributed by atoms with E-state index in [4.69, 9.17) is 0 Å². The summed E-state index contributed by atoms with van der Waals surface area (Å²) in [6.45, 7) is 0. The van der Waals surface area contributed by atoms with E-state index >= 15 is 0 Å². The van der Waals surface area contributed by atoms with Gasteiger partial charge < -0.3 is 9.88 Å². The van der Waals surface area contributed by atoms with Crippen molar-refractivity contribution in [1.29, 1.82) is 0 Å². The third-order valence-electron chi connectivity index (χ3n) is 9.79. The minimum absolute atomic E-state index is 1.12. The molecule has 2 heterocycles. The zero-order valence-corrected chi connectivity index (χ0v) is 27.4. The van der Waals surface area contributed by atoms with E-state index in [0.29, 0.717) is 0 Å². The lowest BCUT2D eigenvalue weighted by Gasteiger charge is -2.26. The SMILES string of the molecule is c1ccc(-c2ccc(N(c3ccc4ccccc4c3)c3ccc4[nH]c5c(-c6cccc7sc8ccccc8c67)cccc5c4c3)cc2)cc1. The summed E-state index contributed by atoms with van der Waals surface area (Å²) in [6.07, 6.45) is 0. The number of fused-ring (bicyclic) bond motifs is 7. The first kappa shape index (κ1) is 27.9. The van der Waals surface area contributed by atoms with Crippen LogP contribution in [0.25, 0.3) is 75.0 Å². The van der Waals surface area contributed by atoms with E-state index in [1.165, 1.54) is 69.5 Å². The van der Waals surface area contributed by atoms with Gasteiger partial charge in [0.2, 0.25) is 0 Å². The standard InChI is InChI=1S/C46H30N2S/c1-2-10-30(11-3-1)32-20-23-34(24-21-32)48(35-25-22-31-12-4-5-13-33(31)28-35)36-26-27-42-41(29-36)39-17-8-16-38(46(39)47-42)37-15-9-19-44-45(37)40-14-6-7-18-43(40)49-44/h1-29,47H. The number of benzene rings is 8. The van der Waals surface area contributed by atoms with Crippen molar-refractivity contribution in [3.05, 3.63) is 176 Å². The summed E-state index contributed by atoms with van der Waals surface area (Å²) in [5.41, 5.74) is 10.6. The van der Waals surface area contributed by atoms with Gasteiger partial charge in [-0.3, -0.25) is 0 Å². The van der Waals surface area contributed by atoms with Gasteiger partial charge in [0, 0.05) is 59.1 Å². The molecule has 0 atom stereocenters. The lowest BCUT2D eigenvalue weighted by atomic mass is 9.97. The molecule has 0 spiro atoms. The quantitative estimate of drug-likeness (QED) is 0.198. The molecule has 0 bridgehead atoms. The van der Waals surface area contributed by atoms with Crippen molar-refractivity contribution in [2.75, 3.05) is 4.90 Å². The molecule has 1 N–H and O–H groups in total. The number of thiophene rings is 1. The molecule has 8 aromatic carbocycles. The first-order valence-electron chi connectivity index (χ1n) is 16.7. The van der Waals surface area contributed by atoms with Gasteiger partial charge in [-0.2, -0.15) is 0 Å². The van der Waals surface area contributed by atoms with Crippen molar-refractivity contribution in [1.82, 2.24) is 4.98 Å². The molecule has 0 amide bonds. The van der Waals surface area contributed by atoms with Crippen LogP contribution in [0.1, 0.15) is 0 Å². The Labute approximate surface area is 288 Å². The highest BCUT2D eigenvalue weighted by atomic mass is 32.1. The van der Waals surface area contributed by atoms with E-state index in [9.17, 15) is 0 Å². The van der Waals surface area contributed by atoms with Gasteiger partial charge in [0.1, 0.15) is 0 Å². The molecule has 0 fully saturated rings. The molecule has 0 radical (unpaired) electrons. The van der Waals surface area contributed by atoms with Gasteiger partial charge in [-0.05, 0) is 82.1 Å². The van der Waals surface area contributed by atoms with Gasteiger partial charge in [0.25, 0.3) is 0 Å². The van der Waals surface area contributed by atoms with Gasteiger partial charge in [-0.15, -0.1) is 11.3 Å². The van der Waals surface area contributed by atoms with Crippen LogP contribution in [0.3, 0.4) is 0 Å². The van der Waals surface area contributed by atoms with Crippen molar-refractivity contribution in [3.8, 4) is 22.3 Å². The van der Waals surface area contributed by atoms with Crippen LogP contribution in [-0.4, -0.2) is 4.98 Å². The number of aromatic nitrogens is 1. The molecule has 0 saturated carbocycles. The molecule has 0 aliphatic carbocycles. The number of rotatable bonds is 5. The maximum absolute atomic E-state index is 3.83. The number of H-pyrrole nitrogens is 1. The predicted octanol–water partition coefficient (Wildman–Crippen LogP) is 13.6. The molecular formula is C46H30N2S. The van der Waals surface area contributed by atoms with Gasteiger partial charge in [-0.25, -0.2) is 0 Å².